The fraction of sp³-hybridized carbons (Fsp3) is 0.364. The number of hydrogen-bond acceptors (Lipinski definition) is 2. The Hall–Kier alpha value is -2.05. The first-order valence-electron chi connectivity index (χ1n) is 9.59. The van der Waals surface area contributed by atoms with E-state index in [4.69, 9.17) is 23.2 Å². The second kappa shape index (κ2) is 7.57. The molecule has 0 aromatic heterocycles. The number of hydrogen-bond donors (Lipinski definition) is 1. The Morgan fingerprint density at radius 2 is 1.67 bits per heavy atom. The second-order valence-corrected chi connectivity index (χ2v) is 8.79. The Morgan fingerprint density at radius 1 is 1.00 bits per heavy atom. The van der Waals surface area contributed by atoms with Gasteiger partial charge in [-0.3, -0.25) is 9.59 Å². The molecule has 1 heterocycles. The molecule has 1 aliphatic heterocycles. The highest BCUT2D eigenvalue weighted by molar-refractivity contribution is 6.33. The first-order chi connectivity index (χ1) is 14.1. The van der Waals surface area contributed by atoms with Gasteiger partial charge in [0.15, 0.2) is 5.78 Å². The fourth-order valence-corrected chi connectivity index (χ4v) is 4.88. The van der Waals surface area contributed by atoms with Crippen molar-refractivity contribution in [1.29, 1.82) is 0 Å². The van der Waals surface area contributed by atoms with Crippen molar-refractivity contribution >= 4 is 34.9 Å². The largest absolute Gasteiger partial charge is 0.391 e. The van der Waals surface area contributed by atoms with Crippen LogP contribution >= 0.6 is 23.2 Å². The van der Waals surface area contributed by atoms with E-state index in [0.717, 1.165) is 11.1 Å². The van der Waals surface area contributed by atoms with Crippen LogP contribution in [-0.4, -0.2) is 23.4 Å². The van der Waals surface area contributed by atoms with Crippen molar-refractivity contribution in [1.82, 2.24) is 5.32 Å². The molecule has 158 valence electrons. The van der Waals surface area contributed by atoms with E-state index >= 15 is 0 Å². The van der Waals surface area contributed by atoms with Gasteiger partial charge in [-0.25, -0.2) is 0 Å². The highest BCUT2D eigenvalue weighted by Crippen LogP contribution is 2.47. The first-order valence-corrected chi connectivity index (χ1v) is 10.3. The standard InChI is InChI=1S/C22H18Cl2F3NO2/c23-15-6-3-12(4-7-15)13-5-8-17(24)16(10-13)18-19(29)21(28-20(18)30)9-1-2-14(11-21)22(25,26)27/h3-8,10,14,18H,1-2,9,11H2,(H,28,30). The summed E-state index contributed by atoms with van der Waals surface area (Å²) in [6.45, 7) is 0. The summed E-state index contributed by atoms with van der Waals surface area (Å²) in [5.41, 5.74) is 0.356. The second-order valence-electron chi connectivity index (χ2n) is 7.95. The van der Waals surface area contributed by atoms with Crippen LogP contribution in [0.5, 0.6) is 0 Å². The number of amides is 1. The van der Waals surface area contributed by atoms with E-state index in [0.29, 0.717) is 10.6 Å². The molecule has 3 nitrogen and oxygen atoms in total. The number of alkyl halides is 3. The number of carbonyl (C=O) groups excluding carboxylic acids is 2. The third kappa shape index (κ3) is 3.71. The third-order valence-corrected chi connectivity index (χ3v) is 6.65. The summed E-state index contributed by atoms with van der Waals surface area (Å²) < 4.78 is 39.9. The minimum absolute atomic E-state index is 0.0358. The highest BCUT2D eigenvalue weighted by atomic mass is 35.5. The van der Waals surface area contributed by atoms with Crippen molar-refractivity contribution < 1.29 is 22.8 Å². The topological polar surface area (TPSA) is 46.2 Å². The van der Waals surface area contributed by atoms with Gasteiger partial charge >= 0.3 is 6.18 Å². The number of Topliss-reactive ketones (excluding diaryl/α,β-unsaturated/α-hetero) is 1. The Balaban J connectivity index is 1.69. The number of nitrogens with one attached hydrogen (secondary N) is 1. The SMILES string of the molecule is O=C1NC2(CCCC(C(F)(F)F)C2)C(=O)C1c1cc(-c2ccc(Cl)cc2)ccc1Cl. The van der Waals surface area contributed by atoms with Gasteiger partial charge in [-0.05, 0) is 60.2 Å². The van der Waals surface area contributed by atoms with Crippen LogP contribution in [0.2, 0.25) is 10.0 Å². The minimum Gasteiger partial charge on any atom is -0.343 e. The number of ketones is 1. The Labute approximate surface area is 181 Å². The average Bonchev–Trinajstić information content (AvgIpc) is 2.92. The molecule has 1 N–H and O–H groups in total. The number of carbonyl (C=O) groups is 2. The molecule has 1 saturated heterocycles. The molecule has 1 saturated carbocycles. The summed E-state index contributed by atoms with van der Waals surface area (Å²) in [5.74, 6) is -3.96. The van der Waals surface area contributed by atoms with Crippen molar-refractivity contribution in [2.24, 2.45) is 5.92 Å². The molecule has 3 unspecified atom stereocenters. The monoisotopic (exact) mass is 455 g/mol. The first kappa shape index (κ1) is 21.2. The molecule has 2 aromatic rings. The van der Waals surface area contributed by atoms with Crippen LogP contribution in [0.4, 0.5) is 13.2 Å². The zero-order chi connectivity index (χ0) is 21.7. The van der Waals surface area contributed by atoms with Crippen molar-refractivity contribution in [3.63, 3.8) is 0 Å². The van der Waals surface area contributed by atoms with E-state index in [1.165, 1.54) is 0 Å². The molecular weight excluding hydrogens is 438 g/mol. The maximum atomic E-state index is 13.3. The van der Waals surface area contributed by atoms with E-state index in [1.54, 1.807) is 42.5 Å². The van der Waals surface area contributed by atoms with Crippen molar-refractivity contribution in [2.45, 2.75) is 43.3 Å². The summed E-state index contributed by atoms with van der Waals surface area (Å²) in [5, 5.41) is 3.39. The van der Waals surface area contributed by atoms with Crippen molar-refractivity contribution in [3.05, 3.63) is 58.1 Å². The van der Waals surface area contributed by atoms with Crippen molar-refractivity contribution in [2.75, 3.05) is 0 Å². The molecule has 30 heavy (non-hydrogen) atoms. The van der Waals surface area contributed by atoms with E-state index in [1.807, 2.05) is 0 Å². The lowest BCUT2D eigenvalue weighted by molar-refractivity contribution is -0.188. The molecule has 0 radical (unpaired) electrons. The number of rotatable bonds is 2. The molecule has 3 atom stereocenters. The zero-order valence-electron chi connectivity index (χ0n) is 15.7. The summed E-state index contributed by atoms with van der Waals surface area (Å²) in [7, 11) is 0. The van der Waals surface area contributed by atoms with Gasteiger partial charge < -0.3 is 5.32 Å². The molecular formula is C22H18Cl2F3NO2. The predicted octanol–water partition coefficient (Wildman–Crippen LogP) is 5.93. The van der Waals surface area contributed by atoms with Crippen LogP contribution in [-0.2, 0) is 9.59 Å². The molecule has 1 aliphatic carbocycles. The lowest BCUT2D eigenvalue weighted by Gasteiger charge is -2.37. The number of halogens is 5. The Bertz CT molecular complexity index is 1010. The van der Waals surface area contributed by atoms with Gasteiger partial charge in [-0.2, -0.15) is 13.2 Å². The highest BCUT2D eigenvalue weighted by Gasteiger charge is 2.58. The van der Waals surface area contributed by atoms with Crippen molar-refractivity contribution in [3.8, 4) is 11.1 Å². The van der Waals surface area contributed by atoms with Gasteiger partial charge in [-0.1, -0.05) is 47.8 Å². The maximum Gasteiger partial charge on any atom is 0.391 e. The van der Waals surface area contributed by atoms with Gasteiger partial charge in [0, 0.05) is 10.0 Å². The van der Waals surface area contributed by atoms with Crippen LogP contribution in [0, 0.1) is 5.92 Å². The average molecular weight is 456 g/mol. The molecule has 1 amide bonds. The van der Waals surface area contributed by atoms with E-state index in [9.17, 15) is 22.8 Å². The molecule has 2 aromatic carbocycles. The summed E-state index contributed by atoms with van der Waals surface area (Å²) >= 11 is 12.2. The summed E-state index contributed by atoms with van der Waals surface area (Å²) in [6, 6.07) is 12.0. The maximum absolute atomic E-state index is 13.3. The third-order valence-electron chi connectivity index (χ3n) is 6.06. The molecule has 0 bridgehead atoms. The van der Waals surface area contributed by atoms with E-state index < -0.39 is 41.7 Å². The van der Waals surface area contributed by atoms with Gasteiger partial charge in [-0.15, -0.1) is 0 Å². The quantitative estimate of drug-likeness (QED) is 0.570. The predicted molar refractivity (Wildman–Crippen MR) is 109 cm³/mol. The van der Waals surface area contributed by atoms with Gasteiger partial charge in [0.2, 0.25) is 5.91 Å². The summed E-state index contributed by atoms with van der Waals surface area (Å²) in [4.78, 5) is 26.1. The van der Waals surface area contributed by atoms with E-state index in [-0.39, 0.29) is 24.3 Å². The molecule has 4 rings (SSSR count). The molecule has 2 aliphatic rings. The minimum atomic E-state index is -4.40. The van der Waals surface area contributed by atoms with Crippen LogP contribution in [0.1, 0.15) is 37.2 Å². The molecule has 1 spiro atoms. The van der Waals surface area contributed by atoms with Gasteiger partial charge in [0.1, 0.15) is 11.5 Å². The molecule has 8 heteroatoms. The lowest BCUT2D eigenvalue weighted by atomic mass is 9.72. The normalized spacial score (nSPS) is 26.8. The fourth-order valence-electron chi connectivity index (χ4n) is 4.53. The van der Waals surface area contributed by atoms with E-state index in [2.05, 4.69) is 5.32 Å². The lowest BCUT2D eigenvalue weighted by Crippen LogP contribution is -2.52. The van der Waals surface area contributed by atoms with Crippen LogP contribution in [0.15, 0.2) is 42.5 Å². The zero-order valence-corrected chi connectivity index (χ0v) is 17.2. The molecule has 2 fully saturated rings. The number of benzene rings is 2. The van der Waals surface area contributed by atoms with Gasteiger partial charge in [0.25, 0.3) is 0 Å². The Kier molecular flexibility index (Phi) is 5.35. The van der Waals surface area contributed by atoms with Gasteiger partial charge in [0.05, 0.1) is 5.92 Å². The van der Waals surface area contributed by atoms with Crippen LogP contribution < -0.4 is 5.32 Å². The van der Waals surface area contributed by atoms with Crippen LogP contribution in [0.25, 0.3) is 11.1 Å². The smallest absolute Gasteiger partial charge is 0.343 e. The summed E-state index contributed by atoms with van der Waals surface area (Å²) in [6.07, 6.45) is -4.43. The van der Waals surface area contributed by atoms with Crippen LogP contribution in [0.3, 0.4) is 0 Å². The Morgan fingerprint density at radius 3 is 2.33 bits per heavy atom.